The number of benzene rings is 1. The maximum atomic E-state index is 13.2. The van der Waals surface area contributed by atoms with Crippen LogP contribution in [0.1, 0.15) is 49.1 Å². The molecule has 0 bridgehead atoms. The van der Waals surface area contributed by atoms with E-state index < -0.39 is 0 Å². The fraction of sp³-hybridized carbons (Fsp3) is 0.632. The Hall–Kier alpha value is -1.35. The van der Waals surface area contributed by atoms with Crippen LogP contribution < -0.4 is 0 Å². The van der Waals surface area contributed by atoms with E-state index >= 15 is 0 Å². The summed E-state index contributed by atoms with van der Waals surface area (Å²) in [4.78, 5) is 17.9. The molecule has 0 spiro atoms. The second kappa shape index (κ2) is 5.69. The third-order valence-electron chi connectivity index (χ3n) is 6.03. The molecule has 3 aliphatic rings. The minimum Gasteiger partial charge on any atom is -0.338 e. The number of likely N-dealkylation sites (N-methyl/N-ethyl adjacent to an activating group) is 1. The maximum absolute atomic E-state index is 13.2. The Morgan fingerprint density at radius 1 is 1.05 bits per heavy atom. The first kappa shape index (κ1) is 14.3. The standard InChI is InChI=1S/C19H26N2O/c1-20-12-4-8-17(20)18-9-5-13-21(18)19(22)16-11-10-14-6-2-3-7-15(14)16/h2-3,6-7,16-18H,4-5,8-13H2,1H3/t16-,17-,18-/m1/s1. The molecule has 0 aromatic heterocycles. The van der Waals surface area contributed by atoms with Crippen molar-refractivity contribution >= 4 is 5.91 Å². The van der Waals surface area contributed by atoms with E-state index in [1.165, 1.54) is 43.4 Å². The molecule has 2 saturated heterocycles. The van der Waals surface area contributed by atoms with Crippen LogP contribution in [0.25, 0.3) is 0 Å². The van der Waals surface area contributed by atoms with Crippen LogP contribution in [0.2, 0.25) is 0 Å². The second-order valence-corrected chi connectivity index (χ2v) is 7.22. The lowest BCUT2D eigenvalue weighted by molar-refractivity contribution is -0.134. The van der Waals surface area contributed by atoms with Gasteiger partial charge in [-0.15, -0.1) is 0 Å². The zero-order valence-corrected chi connectivity index (χ0v) is 13.5. The van der Waals surface area contributed by atoms with Crippen molar-refractivity contribution in [3.63, 3.8) is 0 Å². The predicted octanol–water partition coefficient (Wildman–Crippen LogP) is 2.80. The van der Waals surface area contributed by atoms with Crippen molar-refractivity contribution in [2.45, 2.75) is 56.5 Å². The molecule has 4 rings (SSSR count). The number of fused-ring (bicyclic) bond motifs is 1. The van der Waals surface area contributed by atoms with Crippen molar-refractivity contribution in [1.82, 2.24) is 9.80 Å². The fourth-order valence-corrected chi connectivity index (χ4v) is 4.90. The lowest BCUT2D eigenvalue weighted by Gasteiger charge is -2.34. The highest BCUT2D eigenvalue weighted by Gasteiger charge is 2.41. The molecule has 3 nitrogen and oxygen atoms in total. The quantitative estimate of drug-likeness (QED) is 0.838. The molecule has 1 aromatic carbocycles. The molecule has 0 N–H and O–H groups in total. The zero-order chi connectivity index (χ0) is 15.1. The highest BCUT2D eigenvalue weighted by atomic mass is 16.2. The molecule has 3 atom stereocenters. The third-order valence-corrected chi connectivity index (χ3v) is 6.03. The van der Waals surface area contributed by atoms with E-state index in [1.54, 1.807) is 0 Å². The van der Waals surface area contributed by atoms with Gasteiger partial charge in [0, 0.05) is 18.6 Å². The number of nitrogens with zero attached hydrogens (tertiary/aromatic N) is 2. The average Bonchev–Trinajstić information content (AvgIpc) is 3.24. The van der Waals surface area contributed by atoms with Crippen LogP contribution in [0, 0.1) is 0 Å². The zero-order valence-electron chi connectivity index (χ0n) is 13.5. The summed E-state index contributed by atoms with van der Waals surface area (Å²) in [6.45, 7) is 2.15. The lowest BCUT2D eigenvalue weighted by atomic mass is 9.97. The van der Waals surface area contributed by atoms with E-state index in [4.69, 9.17) is 0 Å². The molecular formula is C19H26N2O. The highest BCUT2D eigenvalue weighted by molar-refractivity contribution is 5.85. The van der Waals surface area contributed by atoms with Gasteiger partial charge in [-0.25, -0.2) is 0 Å². The summed E-state index contributed by atoms with van der Waals surface area (Å²) in [5.41, 5.74) is 2.67. The number of carbonyl (C=O) groups excluding carboxylic acids is 1. The Morgan fingerprint density at radius 3 is 2.64 bits per heavy atom. The van der Waals surface area contributed by atoms with Gasteiger partial charge in [-0.3, -0.25) is 4.79 Å². The van der Waals surface area contributed by atoms with Crippen LogP contribution >= 0.6 is 0 Å². The molecule has 2 heterocycles. The number of hydrogen-bond acceptors (Lipinski definition) is 2. The van der Waals surface area contributed by atoms with E-state index in [0.717, 1.165) is 19.4 Å². The maximum Gasteiger partial charge on any atom is 0.230 e. The molecular weight excluding hydrogens is 272 g/mol. The van der Waals surface area contributed by atoms with E-state index in [0.29, 0.717) is 18.0 Å². The van der Waals surface area contributed by atoms with E-state index in [-0.39, 0.29) is 5.92 Å². The van der Waals surface area contributed by atoms with Crippen molar-refractivity contribution in [2.75, 3.05) is 20.1 Å². The van der Waals surface area contributed by atoms with Crippen LogP contribution in [0.3, 0.4) is 0 Å². The predicted molar refractivity (Wildman–Crippen MR) is 87.9 cm³/mol. The number of rotatable bonds is 2. The fourth-order valence-electron chi connectivity index (χ4n) is 4.90. The third kappa shape index (κ3) is 2.26. The SMILES string of the molecule is CN1CCC[C@@H]1[C@H]1CCCN1C(=O)[C@@H]1CCc2ccccc21. The van der Waals surface area contributed by atoms with Crippen molar-refractivity contribution in [3.8, 4) is 0 Å². The van der Waals surface area contributed by atoms with Crippen molar-refractivity contribution < 1.29 is 4.79 Å². The average molecular weight is 298 g/mol. The van der Waals surface area contributed by atoms with Gasteiger partial charge in [0.05, 0.1) is 5.92 Å². The first-order valence-electron chi connectivity index (χ1n) is 8.84. The van der Waals surface area contributed by atoms with Crippen molar-refractivity contribution in [3.05, 3.63) is 35.4 Å². The molecule has 0 unspecified atom stereocenters. The van der Waals surface area contributed by atoms with Gasteiger partial charge in [0.25, 0.3) is 0 Å². The minimum absolute atomic E-state index is 0.114. The highest BCUT2D eigenvalue weighted by Crippen LogP contribution is 2.37. The second-order valence-electron chi connectivity index (χ2n) is 7.22. The molecule has 0 radical (unpaired) electrons. The molecule has 0 saturated carbocycles. The van der Waals surface area contributed by atoms with Crippen molar-refractivity contribution in [2.24, 2.45) is 0 Å². The van der Waals surface area contributed by atoms with Gasteiger partial charge in [0.2, 0.25) is 5.91 Å². The summed E-state index contributed by atoms with van der Waals surface area (Å²) in [6, 6.07) is 9.57. The van der Waals surface area contributed by atoms with Gasteiger partial charge in [0.15, 0.2) is 0 Å². The van der Waals surface area contributed by atoms with E-state index in [1.807, 2.05) is 0 Å². The smallest absolute Gasteiger partial charge is 0.230 e. The minimum atomic E-state index is 0.114. The number of hydrogen-bond donors (Lipinski definition) is 0. The molecule has 2 aliphatic heterocycles. The van der Waals surface area contributed by atoms with Crippen LogP contribution in [0.5, 0.6) is 0 Å². The van der Waals surface area contributed by atoms with Gasteiger partial charge in [-0.05, 0) is 63.2 Å². The number of aryl methyl sites for hydroxylation is 1. The van der Waals surface area contributed by atoms with Crippen LogP contribution in [0.4, 0.5) is 0 Å². The largest absolute Gasteiger partial charge is 0.338 e. The molecule has 22 heavy (non-hydrogen) atoms. The first-order valence-corrected chi connectivity index (χ1v) is 8.84. The Morgan fingerprint density at radius 2 is 1.82 bits per heavy atom. The summed E-state index contributed by atoms with van der Waals surface area (Å²) in [6.07, 6.45) is 6.97. The number of likely N-dealkylation sites (tertiary alicyclic amines) is 2. The normalized spacial score (nSPS) is 31.7. The van der Waals surface area contributed by atoms with Gasteiger partial charge in [-0.2, -0.15) is 0 Å². The molecule has 2 fully saturated rings. The summed E-state index contributed by atoms with van der Waals surface area (Å²) >= 11 is 0. The summed E-state index contributed by atoms with van der Waals surface area (Å²) in [5, 5.41) is 0. The molecule has 1 aliphatic carbocycles. The monoisotopic (exact) mass is 298 g/mol. The summed E-state index contributed by atoms with van der Waals surface area (Å²) < 4.78 is 0. The summed E-state index contributed by atoms with van der Waals surface area (Å²) in [7, 11) is 2.23. The topological polar surface area (TPSA) is 23.6 Å². The molecule has 118 valence electrons. The van der Waals surface area contributed by atoms with Crippen LogP contribution in [-0.2, 0) is 11.2 Å². The first-order chi connectivity index (χ1) is 10.8. The van der Waals surface area contributed by atoms with Gasteiger partial charge in [-0.1, -0.05) is 24.3 Å². The van der Waals surface area contributed by atoms with Gasteiger partial charge >= 0.3 is 0 Å². The van der Waals surface area contributed by atoms with E-state index in [9.17, 15) is 4.79 Å². The van der Waals surface area contributed by atoms with Crippen LogP contribution in [-0.4, -0.2) is 47.9 Å². The van der Waals surface area contributed by atoms with Gasteiger partial charge < -0.3 is 9.80 Å². The van der Waals surface area contributed by atoms with E-state index in [2.05, 4.69) is 41.1 Å². The van der Waals surface area contributed by atoms with Crippen molar-refractivity contribution in [1.29, 1.82) is 0 Å². The molecule has 1 aromatic rings. The van der Waals surface area contributed by atoms with Crippen LogP contribution in [0.15, 0.2) is 24.3 Å². The van der Waals surface area contributed by atoms with Gasteiger partial charge in [0.1, 0.15) is 0 Å². The Balaban J connectivity index is 1.55. The number of amides is 1. The number of carbonyl (C=O) groups is 1. The Kier molecular flexibility index (Phi) is 3.69. The molecule has 1 amide bonds. The Bertz CT molecular complexity index is 570. The Labute approximate surface area is 133 Å². The lowest BCUT2D eigenvalue weighted by Crippen LogP contribution is -2.48. The summed E-state index contributed by atoms with van der Waals surface area (Å²) in [5.74, 6) is 0.510. The molecule has 3 heteroatoms.